The van der Waals surface area contributed by atoms with Crippen LogP contribution in [0.3, 0.4) is 0 Å². The lowest BCUT2D eigenvalue weighted by molar-refractivity contribution is 0.00305. The van der Waals surface area contributed by atoms with E-state index in [1.54, 1.807) is 4.68 Å². The minimum atomic E-state index is -0.732. The number of hydrogen-bond acceptors (Lipinski definition) is 6. The number of aromatic nitrogens is 4. The molecule has 2 aromatic rings. The van der Waals surface area contributed by atoms with Crippen molar-refractivity contribution in [1.82, 2.24) is 30.0 Å². The van der Waals surface area contributed by atoms with Crippen molar-refractivity contribution in [2.75, 3.05) is 33.7 Å². The smallest absolute Gasteiger partial charge is 0.253 e. The summed E-state index contributed by atoms with van der Waals surface area (Å²) >= 11 is 0. The van der Waals surface area contributed by atoms with Crippen LogP contribution >= 0.6 is 0 Å². The van der Waals surface area contributed by atoms with E-state index >= 15 is 0 Å². The van der Waals surface area contributed by atoms with E-state index < -0.39 is 5.60 Å². The topological polar surface area (TPSA) is 87.4 Å². The van der Waals surface area contributed by atoms with Gasteiger partial charge in [-0.05, 0) is 68.9 Å². The fourth-order valence-electron chi connectivity index (χ4n) is 3.55. The fraction of sp³-hybridized carbons (Fsp3) is 0.556. The van der Waals surface area contributed by atoms with Gasteiger partial charge in [0.05, 0.1) is 11.3 Å². The summed E-state index contributed by atoms with van der Waals surface area (Å²) in [5, 5.41) is 22.3. The Kier molecular flexibility index (Phi) is 5.33. The molecule has 140 valence electrons. The van der Waals surface area contributed by atoms with Crippen LogP contribution in [0.15, 0.2) is 24.3 Å². The van der Waals surface area contributed by atoms with Crippen LogP contribution in [0.5, 0.6) is 0 Å². The van der Waals surface area contributed by atoms with E-state index in [-0.39, 0.29) is 5.91 Å². The first-order valence-corrected chi connectivity index (χ1v) is 8.90. The van der Waals surface area contributed by atoms with E-state index in [1.807, 2.05) is 55.1 Å². The molecule has 3 rings (SSSR count). The highest BCUT2D eigenvalue weighted by molar-refractivity contribution is 5.94. The standard InChI is InChI=1S/C18H26N6O2/c1-14-19-20-21-24(14)16-7-4-6-15(12-16)17(25)23-10-5-8-18(26,9-11-23)13-22(2)3/h4,6-7,12,26H,5,8-11,13H2,1-3H3/t18-/m1/s1. The molecule has 2 heterocycles. The second kappa shape index (κ2) is 7.51. The maximum Gasteiger partial charge on any atom is 0.253 e. The molecule has 0 saturated carbocycles. The van der Waals surface area contributed by atoms with Gasteiger partial charge >= 0.3 is 0 Å². The van der Waals surface area contributed by atoms with Crippen molar-refractivity contribution in [2.24, 2.45) is 0 Å². The predicted octanol–water partition coefficient (Wildman–Crippen LogP) is 0.890. The Morgan fingerprint density at radius 3 is 2.81 bits per heavy atom. The Hall–Kier alpha value is -2.32. The van der Waals surface area contributed by atoms with Gasteiger partial charge in [0.15, 0.2) is 5.82 Å². The predicted molar refractivity (Wildman–Crippen MR) is 97.1 cm³/mol. The van der Waals surface area contributed by atoms with Crippen molar-refractivity contribution < 1.29 is 9.90 Å². The highest BCUT2D eigenvalue weighted by Gasteiger charge is 2.32. The summed E-state index contributed by atoms with van der Waals surface area (Å²) in [7, 11) is 3.91. The minimum absolute atomic E-state index is 0.0216. The van der Waals surface area contributed by atoms with Gasteiger partial charge in [-0.3, -0.25) is 4.79 Å². The van der Waals surface area contributed by atoms with Crippen molar-refractivity contribution in [3.8, 4) is 5.69 Å². The van der Waals surface area contributed by atoms with Crippen LogP contribution in [0.25, 0.3) is 5.69 Å². The molecule has 0 radical (unpaired) electrons. The first-order chi connectivity index (χ1) is 12.4. The highest BCUT2D eigenvalue weighted by Crippen LogP contribution is 2.24. The number of carbonyl (C=O) groups is 1. The second-order valence-electron chi connectivity index (χ2n) is 7.30. The number of aliphatic hydroxyl groups is 1. The van der Waals surface area contributed by atoms with E-state index in [0.29, 0.717) is 43.9 Å². The summed E-state index contributed by atoms with van der Waals surface area (Å²) < 4.78 is 1.61. The molecule has 0 unspecified atom stereocenters. The van der Waals surface area contributed by atoms with Gasteiger partial charge in [-0.1, -0.05) is 6.07 Å². The van der Waals surface area contributed by atoms with Gasteiger partial charge in [-0.2, -0.15) is 4.68 Å². The molecule has 8 heteroatoms. The van der Waals surface area contributed by atoms with Gasteiger partial charge in [-0.15, -0.1) is 5.10 Å². The number of carbonyl (C=O) groups excluding carboxylic acids is 1. The van der Waals surface area contributed by atoms with Crippen LogP contribution in [0, 0.1) is 6.92 Å². The molecule has 8 nitrogen and oxygen atoms in total. The maximum absolute atomic E-state index is 13.0. The molecule has 0 spiro atoms. The van der Waals surface area contributed by atoms with Crippen molar-refractivity contribution in [3.05, 3.63) is 35.7 Å². The maximum atomic E-state index is 13.0. The molecule has 1 fully saturated rings. The Balaban J connectivity index is 1.75. The molecule has 1 N–H and O–H groups in total. The van der Waals surface area contributed by atoms with Crippen molar-refractivity contribution in [2.45, 2.75) is 31.8 Å². The number of tetrazole rings is 1. The summed E-state index contributed by atoms with van der Waals surface area (Å²) in [5.41, 5.74) is 0.636. The number of rotatable bonds is 4. The number of benzene rings is 1. The third-order valence-electron chi connectivity index (χ3n) is 4.78. The molecule has 1 amide bonds. The lowest BCUT2D eigenvalue weighted by atomic mass is 9.94. The lowest BCUT2D eigenvalue weighted by Gasteiger charge is -2.30. The number of likely N-dealkylation sites (tertiary alicyclic amines) is 1. The van der Waals surface area contributed by atoms with Crippen LogP contribution in [0.1, 0.15) is 35.4 Å². The number of nitrogens with zero attached hydrogens (tertiary/aromatic N) is 6. The molecule has 1 atom stereocenters. The largest absolute Gasteiger partial charge is 0.388 e. The molecule has 1 aliphatic rings. The van der Waals surface area contributed by atoms with Gasteiger partial charge in [0.25, 0.3) is 5.91 Å². The van der Waals surface area contributed by atoms with Gasteiger partial charge in [-0.25, -0.2) is 0 Å². The van der Waals surface area contributed by atoms with Gasteiger partial charge < -0.3 is 14.9 Å². The van der Waals surface area contributed by atoms with Crippen molar-refractivity contribution in [1.29, 1.82) is 0 Å². The zero-order valence-corrected chi connectivity index (χ0v) is 15.6. The molecule has 1 aromatic carbocycles. The van der Waals surface area contributed by atoms with Crippen LogP contribution in [0.2, 0.25) is 0 Å². The average molecular weight is 358 g/mol. The number of likely N-dealkylation sites (N-methyl/N-ethyl adjacent to an activating group) is 1. The van der Waals surface area contributed by atoms with E-state index in [2.05, 4.69) is 15.5 Å². The Morgan fingerprint density at radius 1 is 1.31 bits per heavy atom. The summed E-state index contributed by atoms with van der Waals surface area (Å²) in [6, 6.07) is 7.33. The van der Waals surface area contributed by atoms with Crippen LogP contribution in [0.4, 0.5) is 0 Å². The third-order valence-corrected chi connectivity index (χ3v) is 4.78. The first kappa shape index (κ1) is 18.5. The zero-order chi connectivity index (χ0) is 18.7. The molecular weight excluding hydrogens is 332 g/mol. The molecule has 26 heavy (non-hydrogen) atoms. The number of aryl methyl sites for hydroxylation is 1. The normalized spacial score (nSPS) is 21.0. The van der Waals surface area contributed by atoms with E-state index in [9.17, 15) is 9.90 Å². The molecule has 1 aliphatic heterocycles. The Labute approximate surface area is 153 Å². The SMILES string of the molecule is Cc1nnnn1-c1cccc(C(=O)N2CCC[C@](O)(CN(C)C)CC2)c1. The summed E-state index contributed by atoms with van der Waals surface area (Å²) in [6.45, 7) is 3.64. The van der Waals surface area contributed by atoms with E-state index in [0.717, 1.165) is 12.1 Å². The molecule has 1 aromatic heterocycles. The number of hydrogen-bond donors (Lipinski definition) is 1. The second-order valence-corrected chi connectivity index (χ2v) is 7.30. The average Bonchev–Trinajstić information content (AvgIpc) is 2.93. The molecule has 0 bridgehead atoms. The summed E-state index contributed by atoms with van der Waals surface area (Å²) in [5.74, 6) is 0.643. The highest BCUT2D eigenvalue weighted by atomic mass is 16.3. The molecule has 1 saturated heterocycles. The molecular formula is C18H26N6O2. The summed E-state index contributed by atoms with van der Waals surface area (Å²) in [4.78, 5) is 16.8. The first-order valence-electron chi connectivity index (χ1n) is 8.90. The quantitative estimate of drug-likeness (QED) is 0.873. The Morgan fingerprint density at radius 2 is 2.12 bits per heavy atom. The lowest BCUT2D eigenvalue weighted by Crippen LogP contribution is -2.41. The van der Waals surface area contributed by atoms with E-state index in [1.165, 1.54) is 0 Å². The van der Waals surface area contributed by atoms with Gasteiger partial charge in [0.1, 0.15) is 0 Å². The van der Waals surface area contributed by atoms with E-state index in [4.69, 9.17) is 0 Å². The van der Waals surface area contributed by atoms with Gasteiger partial charge in [0.2, 0.25) is 0 Å². The third kappa shape index (κ3) is 4.08. The fourth-order valence-corrected chi connectivity index (χ4v) is 3.55. The van der Waals surface area contributed by atoms with Gasteiger partial charge in [0, 0.05) is 25.2 Å². The zero-order valence-electron chi connectivity index (χ0n) is 15.6. The minimum Gasteiger partial charge on any atom is -0.388 e. The molecule has 0 aliphatic carbocycles. The Bertz CT molecular complexity index is 775. The van der Waals surface area contributed by atoms with Crippen LogP contribution < -0.4 is 0 Å². The summed E-state index contributed by atoms with van der Waals surface area (Å²) in [6.07, 6.45) is 2.09. The van der Waals surface area contributed by atoms with Crippen LogP contribution in [-0.2, 0) is 0 Å². The number of amides is 1. The van der Waals surface area contributed by atoms with Crippen molar-refractivity contribution in [3.63, 3.8) is 0 Å². The van der Waals surface area contributed by atoms with Crippen molar-refractivity contribution >= 4 is 5.91 Å². The van der Waals surface area contributed by atoms with Crippen LogP contribution in [-0.4, -0.2) is 80.4 Å². The monoisotopic (exact) mass is 358 g/mol.